The minimum absolute atomic E-state index is 0.196. The van der Waals surface area contributed by atoms with Gasteiger partial charge in [0, 0.05) is 23.9 Å². The molecule has 0 spiro atoms. The molecule has 0 aliphatic carbocycles. The number of carbonyl (C=O) groups excluding carboxylic acids is 2. The summed E-state index contributed by atoms with van der Waals surface area (Å²) in [5.74, 6) is 0.0146. The highest BCUT2D eigenvalue weighted by molar-refractivity contribution is 9.08. The zero-order valence-electron chi connectivity index (χ0n) is 12.3. The minimum Gasteiger partial charge on any atom is -0.497 e. The Bertz CT molecular complexity index is 692. The number of hydrogen-bond donors (Lipinski definition) is 0. The third-order valence-corrected chi connectivity index (χ3v) is 3.70. The average molecular weight is 363 g/mol. The Morgan fingerprint density at radius 1 is 1.09 bits per heavy atom. The van der Waals surface area contributed by atoms with Crippen LogP contribution in [0.25, 0.3) is 0 Å². The van der Waals surface area contributed by atoms with E-state index in [9.17, 15) is 9.59 Å². The van der Waals surface area contributed by atoms with Gasteiger partial charge in [-0.15, -0.1) is 0 Å². The quantitative estimate of drug-likeness (QED) is 0.351. The molecule has 0 radical (unpaired) electrons. The molecular formula is C17H15BrO4. The Hall–Kier alpha value is -2.14. The van der Waals surface area contributed by atoms with Crippen molar-refractivity contribution in [1.29, 1.82) is 0 Å². The van der Waals surface area contributed by atoms with Gasteiger partial charge in [0.1, 0.15) is 11.5 Å². The summed E-state index contributed by atoms with van der Waals surface area (Å²) < 4.78 is 10.2. The predicted molar refractivity (Wildman–Crippen MR) is 86.8 cm³/mol. The number of methoxy groups -OCH3 is 1. The van der Waals surface area contributed by atoms with Gasteiger partial charge in [0.25, 0.3) is 0 Å². The van der Waals surface area contributed by atoms with Crippen molar-refractivity contribution in [1.82, 2.24) is 0 Å². The van der Waals surface area contributed by atoms with E-state index in [4.69, 9.17) is 9.47 Å². The van der Waals surface area contributed by atoms with E-state index in [0.717, 1.165) is 10.9 Å². The van der Waals surface area contributed by atoms with Crippen molar-refractivity contribution < 1.29 is 19.1 Å². The van der Waals surface area contributed by atoms with Crippen molar-refractivity contribution in [3.63, 3.8) is 0 Å². The van der Waals surface area contributed by atoms with E-state index in [1.807, 2.05) is 12.1 Å². The van der Waals surface area contributed by atoms with Crippen LogP contribution in [0.5, 0.6) is 11.5 Å². The fourth-order valence-corrected chi connectivity index (χ4v) is 2.33. The SMILES string of the molecule is COc1ccc(C(=O)c2ccc(CBr)cc2)c(OC(C)=O)c1. The summed E-state index contributed by atoms with van der Waals surface area (Å²) in [5, 5.41) is 0.725. The molecule has 0 N–H and O–H groups in total. The molecule has 0 atom stereocenters. The third kappa shape index (κ3) is 3.74. The lowest BCUT2D eigenvalue weighted by atomic mass is 10.0. The van der Waals surface area contributed by atoms with E-state index in [2.05, 4.69) is 15.9 Å². The molecule has 2 aromatic carbocycles. The van der Waals surface area contributed by atoms with Gasteiger partial charge in [-0.05, 0) is 17.7 Å². The van der Waals surface area contributed by atoms with Crippen LogP contribution < -0.4 is 9.47 Å². The fourth-order valence-electron chi connectivity index (χ4n) is 1.96. The summed E-state index contributed by atoms with van der Waals surface area (Å²) >= 11 is 3.36. The van der Waals surface area contributed by atoms with Crippen LogP contribution in [-0.2, 0) is 10.1 Å². The summed E-state index contributed by atoms with van der Waals surface area (Å²) in [6, 6.07) is 12.0. The second-order valence-electron chi connectivity index (χ2n) is 4.62. The standard InChI is InChI=1S/C17H15BrO4/c1-11(19)22-16-9-14(21-2)7-8-15(16)17(20)13-5-3-12(10-18)4-6-13/h3-9H,10H2,1-2H3. The molecule has 0 amide bonds. The number of ether oxygens (including phenoxy) is 2. The number of esters is 1. The van der Waals surface area contributed by atoms with Crippen LogP contribution in [0.4, 0.5) is 0 Å². The molecule has 0 aliphatic rings. The molecule has 114 valence electrons. The van der Waals surface area contributed by atoms with Gasteiger partial charge in [-0.1, -0.05) is 40.2 Å². The zero-order chi connectivity index (χ0) is 16.1. The smallest absolute Gasteiger partial charge is 0.308 e. The Morgan fingerprint density at radius 3 is 2.32 bits per heavy atom. The van der Waals surface area contributed by atoms with E-state index in [1.165, 1.54) is 20.1 Å². The topological polar surface area (TPSA) is 52.6 Å². The average Bonchev–Trinajstić information content (AvgIpc) is 2.53. The number of hydrogen-bond acceptors (Lipinski definition) is 4. The molecular weight excluding hydrogens is 348 g/mol. The van der Waals surface area contributed by atoms with E-state index in [0.29, 0.717) is 16.9 Å². The number of alkyl halides is 1. The first kappa shape index (κ1) is 16.2. The second-order valence-corrected chi connectivity index (χ2v) is 5.18. The van der Waals surface area contributed by atoms with Gasteiger partial charge >= 0.3 is 5.97 Å². The summed E-state index contributed by atoms with van der Waals surface area (Å²) in [7, 11) is 1.51. The second kappa shape index (κ2) is 7.22. The Morgan fingerprint density at radius 2 is 1.77 bits per heavy atom. The maximum absolute atomic E-state index is 12.6. The van der Waals surface area contributed by atoms with Crippen molar-refractivity contribution in [3.05, 3.63) is 59.2 Å². The third-order valence-electron chi connectivity index (χ3n) is 3.06. The number of ketones is 1. The van der Waals surface area contributed by atoms with Gasteiger partial charge < -0.3 is 9.47 Å². The number of carbonyl (C=O) groups is 2. The zero-order valence-corrected chi connectivity index (χ0v) is 13.8. The van der Waals surface area contributed by atoms with Crippen LogP contribution in [0.1, 0.15) is 28.4 Å². The van der Waals surface area contributed by atoms with Crippen molar-refractivity contribution in [2.24, 2.45) is 0 Å². The van der Waals surface area contributed by atoms with Crippen LogP contribution in [-0.4, -0.2) is 18.9 Å². The lowest BCUT2D eigenvalue weighted by Gasteiger charge is -2.10. The minimum atomic E-state index is -0.489. The molecule has 0 bridgehead atoms. The van der Waals surface area contributed by atoms with E-state index >= 15 is 0 Å². The number of rotatable bonds is 5. The van der Waals surface area contributed by atoms with E-state index in [1.54, 1.807) is 24.3 Å². The maximum atomic E-state index is 12.6. The van der Waals surface area contributed by atoms with E-state index in [-0.39, 0.29) is 11.5 Å². The lowest BCUT2D eigenvalue weighted by Crippen LogP contribution is -2.09. The molecule has 0 saturated heterocycles. The molecule has 5 heteroatoms. The van der Waals surface area contributed by atoms with Crippen LogP contribution in [0.2, 0.25) is 0 Å². The summed E-state index contributed by atoms with van der Waals surface area (Å²) in [5.41, 5.74) is 1.93. The van der Waals surface area contributed by atoms with Gasteiger partial charge in [0.05, 0.1) is 12.7 Å². The summed E-state index contributed by atoms with van der Waals surface area (Å²) in [4.78, 5) is 23.8. The first-order chi connectivity index (χ1) is 10.5. The highest BCUT2D eigenvalue weighted by Gasteiger charge is 2.17. The molecule has 0 heterocycles. The maximum Gasteiger partial charge on any atom is 0.308 e. The van der Waals surface area contributed by atoms with Crippen LogP contribution in [0.15, 0.2) is 42.5 Å². The Labute approximate surface area is 137 Å². The highest BCUT2D eigenvalue weighted by atomic mass is 79.9. The monoisotopic (exact) mass is 362 g/mol. The Kier molecular flexibility index (Phi) is 5.33. The van der Waals surface area contributed by atoms with Crippen molar-refractivity contribution in [2.45, 2.75) is 12.3 Å². The molecule has 0 unspecified atom stereocenters. The number of halogens is 1. The van der Waals surface area contributed by atoms with Crippen LogP contribution in [0.3, 0.4) is 0 Å². The highest BCUT2D eigenvalue weighted by Crippen LogP contribution is 2.27. The number of benzene rings is 2. The van der Waals surface area contributed by atoms with Crippen LogP contribution in [0, 0.1) is 0 Å². The largest absolute Gasteiger partial charge is 0.497 e. The fraction of sp³-hybridized carbons (Fsp3) is 0.176. The molecule has 0 fully saturated rings. The summed E-state index contributed by atoms with van der Waals surface area (Å²) in [6.45, 7) is 1.29. The molecule has 0 aliphatic heterocycles. The van der Waals surface area contributed by atoms with Gasteiger partial charge in [-0.2, -0.15) is 0 Å². The van der Waals surface area contributed by atoms with Gasteiger partial charge in [0.2, 0.25) is 0 Å². The molecule has 2 rings (SSSR count). The molecule has 4 nitrogen and oxygen atoms in total. The van der Waals surface area contributed by atoms with Gasteiger partial charge in [-0.25, -0.2) is 0 Å². The van der Waals surface area contributed by atoms with E-state index < -0.39 is 5.97 Å². The molecule has 22 heavy (non-hydrogen) atoms. The van der Waals surface area contributed by atoms with Crippen molar-refractivity contribution >= 4 is 27.7 Å². The van der Waals surface area contributed by atoms with Gasteiger partial charge in [0.15, 0.2) is 5.78 Å². The molecule has 2 aromatic rings. The molecule has 0 saturated carbocycles. The van der Waals surface area contributed by atoms with Crippen molar-refractivity contribution in [2.75, 3.05) is 7.11 Å². The molecule has 0 aromatic heterocycles. The normalized spacial score (nSPS) is 10.1. The first-order valence-corrected chi connectivity index (χ1v) is 7.73. The van der Waals surface area contributed by atoms with Crippen LogP contribution >= 0.6 is 15.9 Å². The van der Waals surface area contributed by atoms with Gasteiger partial charge in [-0.3, -0.25) is 9.59 Å². The Balaban J connectivity index is 2.40. The first-order valence-electron chi connectivity index (χ1n) is 6.61. The summed E-state index contributed by atoms with van der Waals surface area (Å²) in [6.07, 6.45) is 0. The van der Waals surface area contributed by atoms with Crippen molar-refractivity contribution in [3.8, 4) is 11.5 Å². The lowest BCUT2D eigenvalue weighted by molar-refractivity contribution is -0.131. The predicted octanol–water partition coefficient (Wildman–Crippen LogP) is 3.75.